The predicted octanol–water partition coefficient (Wildman–Crippen LogP) is 4.44. The van der Waals surface area contributed by atoms with Gasteiger partial charge in [-0.1, -0.05) is 44.0 Å². The Morgan fingerprint density at radius 3 is 2.84 bits per heavy atom. The Labute approximate surface area is 117 Å². The fraction of sp³-hybridized carbons (Fsp3) is 0.667. The molecule has 0 spiro atoms. The Morgan fingerprint density at radius 1 is 1.16 bits per heavy atom. The van der Waals surface area contributed by atoms with Crippen LogP contribution in [-0.2, 0) is 6.42 Å². The highest BCUT2D eigenvalue weighted by molar-refractivity contribution is 5.33. The number of benzene rings is 1. The Bertz CT molecular complexity index is 439. The number of aryl methyl sites for hydroxylation is 1. The summed E-state index contributed by atoms with van der Waals surface area (Å²) in [5, 5.41) is 11.0. The first-order valence-electron chi connectivity index (χ1n) is 7.99. The van der Waals surface area contributed by atoms with E-state index >= 15 is 0 Å². The van der Waals surface area contributed by atoms with Gasteiger partial charge >= 0.3 is 0 Å². The molecule has 3 unspecified atom stereocenters. The maximum Gasteiger partial charge on any atom is 0.0679 e. The monoisotopic (exact) mass is 258 g/mol. The molecule has 19 heavy (non-hydrogen) atoms. The van der Waals surface area contributed by atoms with Gasteiger partial charge in [0.15, 0.2) is 0 Å². The summed E-state index contributed by atoms with van der Waals surface area (Å²) in [6.45, 7) is 2.24. The maximum absolute atomic E-state index is 11.0. The second kappa shape index (κ2) is 5.28. The first kappa shape index (κ1) is 13.2. The summed E-state index contributed by atoms with van der Waals surface area (Å²) in [6, 6.07) is 8.87. The summed E-state index contributed by atoms with van der Waals surface area (Å²) in [5.74, 6) is 1.05. The van der Waals surface area contributed by atoms with Crippen LogP contribution in [0.1, 0.15) is 68.9 Å². The van der Waals surface area contributed by atoms with Crippen molar-refractivity contribution < 1.29 is 5.11 Å². The lowest BCUT2D eigenvalue weighted by Gasteiger charge is -2.41. The van der Waals surface area contributed by atoms with E-state index in [-0.39, 0.29) is 0 Å². The lowest BCUT2D eigenvalue weighted by atomic mass is 9.68. The van der Waals surface area contributed by atoms with Crippen LogP contribution in [0.5, 0.6) is 0 Å². The summed E-state index contributed by atoms with van der Waals surface area (Å²) < 4.78 is 0. The van der Waals surface area contributed by atoms with Crippen LogP contribution in [0.15, 0.2) is 24.3 Å². The summed E-state index contributed by atoms with van der Waals surface area (Å²) in [4.78, 5) is 0. The molecule has 104 valence electrons. The molecule has 0 saturated heterocycles. The summed E-state index contributed by atoms with van der Waals surface area (Å²) >= 11 is 0. The number of aliphatic hydroxyl groups is 1. The van der Waals surface area contributed by atoms with Crippen molar-refractivity contribution in [3.05, 3.63) is 35.4 Å². The van der Waals surface area contributed by atoms with Gasteiger partial charge in [0.25, 0.3) is 0 Å². The molecule has 3 rings (SSSR count). The van der Waals surface area contributed by atoms with Crippen molar-refractivity contribution in [2.45, 2.75) is 69.8 Å². The molecular weight excluding hydrogens is 232 g/mol. The van der Waals surface area contributed by atoms with E-state index in [0.29, 0.717) is 11.8 Å². The van der Waals surface area contributed by atoms with Gasteiger partial charge in [-0.25, -0.2) is 0 Å². The van der Waals surface area contributed by atoms with Gasteiger partial charge in [0.2, 0.25) is 0 Å². The van der Waals surface area contributed by atoms with Crippen molar-refractivity contribution in [1.82, 2.24) is 0 Å². The fourth-order valence-electron chi connectivity index (χ4n) is 4.19. The highest BCUT2D eigenvalue weighted by Gasteiger charge is 2.38. The van der Waals surface area contributed by atoms with Crippen molar-refractivity contribution >= 4 is 0 Å². The minimum atomic E-state index is -0.409. The number of hydrogen-bond donors (Lipinski definition) is 1. The Morgan fingerprint density at radius 2 is 2.00 bits per heavy atom. The number of hydrogen-bond acceptors (Lipinski definition) is 1. The first-order chi connectivity index (χ1) is 9.19. The average molecular weight is 258 g/mol. The number of fused-ring (bicyclic) bond motifs is 1. The van der Waals surface area contributed by atoms with Crippen molar-refractivity contribution in [3.8, 4) is 0 Å². The van der Waals surface area contributed by atoms with Crippen LogP contribution in [-0.4, -0.2) is 10.7 Å². The van der Waals surface area contributed by atoms with Crippen LogP contribution in [0.3, 0.4) is 0 Å². The van der Waals surface area contributed by atoms with E-state index in [1.165, 1.54) is 49.7 Å². The third kappa shape index (κ3) is 2.58. The first-order valence-corrected chi connectivity index (χ1v) is 7.99. The molecule has 0 radical (unpaired) electrons. The minimum absolute atomic E-state index is 0.409. The summed E-state index contributed by atoms with van der Waals surface area (Å²) in [5.41, 5.74) is 2.62. The summed E-state index contributed by atoms with van der Waals surface area (Å²) in [7, 11) is 0. The molecule has 0 bridgehead atoms. The van der Waals surface area contributed by atoms with Crippen molar-refractivity contribution in [1.29, 1.82) is 0 Å². The second-order valence-electron chi connectivity index (χ2n) is 6.74. The van der Waals surface area contributed by atoms with Crippen LogP contribution in [0.4, 0.5) is 0 Å². The standard InChI is InChI=1S/C18H26O/c1-14-7-4-5-12-18(14,19)13-16-10-6-9-15-8-2-3-11-17(15)16/h2-3,8,11,14,16,19H,4-7,9-10,12-13H2,1H3. The third-order valence-corrected chi connectivity index (χ3v) is 5.51. The number of rotatable bonds is 2. The van der Waals surface area contributed by atoms with Crippen LogP contribution >= 0.6 is 0 Å². The molecule has 1 fully saturated rings. The molecule has 0 aliphatic heterocycles. The normalized spacial score (nSPS) is 34.8. The zero-order valence-electron chi connectivity index (χ0n) is 12.1. The van der Waals surface area contributed by atoms with Crippen LogP contribution in [0.25, 0.3) is 0 Å². The fourth-order valence-corrected chi connectivity index (χ4v) is 4.19. The largest absolute Gasteiger partial charge is 0.390 e. The molecule has 1 aromatic rings. The molecule has 1 heteroatoms. The van der Waals surface area contributed by atoms with Crippen molar-refractivity contribution in [2.75, 3.05) is 0 Å². The molecule has 0 aromatic heterocycles. The quantitative estimate of drug-likeness (QED) is 0.831. The van der Waals surface area contributed by atoms with Crippen LogP contribution in [0, 0.1) is 5.92 Å². The van der Waals surface area contributed by atoms with Gasteiger partial charge in [-0.15, -0.1) is 0 Å². The van der Waals surface area contributed by atoms with Crippen LogP contribution < -0.4 is 0 Å². The Balaban J connectivity index is 1.80. The lowest BCUT2D eigenvalue weighted by molar-refractivity contribution is -0.0540. The molecule has 3 atom stereocenters. The van der Waals surface area contributed by atoms with E-state index in [2.05, 4.69) is 31.2 Å². The summed E-state index contributed by atoms with van der Waals surface area (Å²) in [6.07, 6.45) is 9.45. The van der Waals surface area contributed by atoms with Gasteiger partial charge in [-0.2, -0.15) is 0 Å². The van der Waals surface area contributed by atoms with E-state index in [4.69, 9.17) is 0 Å². The van der Waals surface area contributed by atoms with E-state index in [1.54, 1.807) is 0 Å². The molecule has 2 aliphatic rings. The van der Waals surface area contributed by atoms with Gasteiger partial charge in [-0.3, -0.25) is 0 Å². The van der Waals surface area contributed by atoms with E-state index in [0.717, 1.165) is 12.8 Å². The van der Waals surface area contributed by atoms with E-state index < -0.39 is 5.60 Å². The highest BCUT2D eigenvalue weighted by atomic mass is 16.3. The highest BCUT2D eigenvalue weighted by Crippen LogP contribution is 2.44. The van der Waals surface area contributed by atoms with Gasteiger partial charge in [0.05, 0.1) is 5.60 Å². The molecule has 1 aromatic carbocycles. The average Bonchev–Trinajstić information content (AvgIpc) is 2.43. The zero-order chi connectivity index (χ0) is 13.3. The van der Waals surface area contributed by atoms with Crippen molar-refractivity contribution in [3.63, 3.8) is 0 Å². The van der Waals surface area contributed by atoms with Gasteiger partial charge in [0.1, 0.15) is 0 Å². The van der Waals surface area contributed by atoms with Gasteiger partial charge < -0.3 is 5.11 Å². The maximum atomic E-state index is 11.0. The predicted molar refractivity (Wildman–Crippen MR) is 79.3 cm³/mol. The van der Waals surface area contributed by atoms with E-state index in [9.17, 15) is 5.11 Å². The van der Waals surface area contributed by atoms with E-state index in [1.807, 2.05) is 0 Å². The molecular formula is C18H26O. The molecule has 1 saturated carbocycles. The molecule has 2 aliphatic carbocycles. The zero-order valence-corrected chi connectivity index (χ0v) is 12.1. The Kier molecular flexibility index (Phi) is 3.66. The SMILES string of the molecule is CC1CCCCC1(O)CC1CCCc2ccccc21. The van der Waals surface area contributed by atoms with Gasteiger partial charge in [-0.05, 0) is 61.5 Å². The molecule has 0 amide bonds. The molecule has 0 heterocycles. The molecule has 1 nitrogen and oxygen atoms in total. The van der Waals surface area contributed by atoms with Gasteiger partial charge in [0, 0.05) is 0 Å². The topological polar surface area (TPSA) is 20.2 Å². The Hall–Kier alpha value is -0.820. The van der Waals surface area contributed by atoms with Crippen molar-refractivity contribution in [2.24, 2.45) is 5.92 Å². The smallest absolute Gasteiger partial charge is 0.0679 e. The third-order valence-electron chi connectivity index (χ3n) is 5.51. The lowest BCUT2D eigenvalue weighted by Crippen LogP contribution is -2.41. The second-order valence-corrected chi connectivity index (χ2v) is 6.74. The molecule has 1 N–H and O–H groups in total. The minimum Gasteiger partial charge on any atom is -0.390 e. The van der Waals surface area contributed by atoms with Crippen LogP contribution in [0.2, 0.25) is 0 Å².